The zero-order chi connectivity index (χ0) is 12.0. The maximum absolute atomic E-state index is 3.53. The summed E-state index contributed by atoms with van der Waals surface area (Å²) in [5, 5.41) is 9.05. The average Bonchev–Trinajstić information content (AvgIpc) is 2.56. The molecule has 0 saturated heterocycles. The fourth-order valence-electron chi connectivity index (χ4n) is 1.33. The summed E-state index contributed by atoms with van der Waals surface area (Å²) in [7, 11) is 0. The van der Waals surface area contributed by atoms with Gasteiger partial charge in [-0.15, -0.1) is 11.3 Å². The standard InChI is InChI=1S/C12H21BrN2S/c1-12(2,3)15-7-4-6-14-9-11-10(13)5-8-16-11/h5,8,14-15H,4,6-7,9H2,1-3H3. The van der Waals surface area contributed by atoms with Crippen LogP contribution in [0.15, 0.2) is 15.9 Å². The molecular weight excluding hydrogens is 284 g/mol. The van der Waals surface area contributed by atoms with Crippen LogP contribution < -0.4 is 10.6 Å². The Morgan fingerprint density at radius 3 is 2.62 bits per heavy atom. The molecule has 0 spiro atoms. The minimum absolute atomic E-state index is 0.233. The van der Waals surface area contributed by atoms with Gasteiger partial charge >= 0.3 is 0 Å². The van der Waals surface area contributed by atoms with Crippen LogP contribution in [0.25, 0.3) is 0 Å². The largest absolute Gasteiger partial charge is 0.312 e. The van der Waals surface area contributed by atoms with Crippen molar-refractivity contribution < 1.29 is 0 Å². The Hall–Kier alpha value is 0.100. The van der Waals surface area contributed by atoms with Crippen molar-refractivity contribution in [2.24, 2.45) is 0 Å². The van der Waals surface area contributed by atoms with Gasteiger partial charge in [0.2, 0.25) is 0 Å². The fraction of sp³-hybridized carbons (Fsp3) is 0.667. The van der Waals surface area contributed by atoms with Gasteiger partial charge in [-0.2, -0.15) is 0 Å². The third-order valence-electron chi connectivity index (χ3n) is 2.16. The molecule has 0 aliphatic carbocycles. The van der Waals surface area contributed by atoms with E-state index in [9.17, 15) is 0 Å². The Labute approximate surface area is 111 Å². The third kappa shape index (κ3) is 5.99. The molecule has 0 amide bonds. The number of thiophene rings is 1. The molecule has 0 saturated carbocycles. The molecular formula is C12H21BrN2S. The van der Waals surface area contributed by atoms with Crippen molar-refractivity contribution in [2.45, 2.75) is 39.3 Å². The monoisotopic (exact) mass is 304 g/mol. The van der Waals surface area contributed by atoms with Crippen LogP contribution >= 0.6 is 27.3 Å². The van der Waals surface area contributed by atoms with E-state index >= 15 is 0 Å². The lowest BCUT2D eigenvalue weighted by Gasteiger charge is -2.20. The van der Waals surface area contributed by atoms with Crippen molar-refractivity contribution in [3.05, 3.63) is 20.8 Å². The van der Waals surface area contributed by atoms with Crippen molar-refractivity contribution in [3.8, 4) is 0 Å². The van der Waals surface area contributed by atoms with Gasteiger partial charge in [0.1, 0.15) is 0 Å². The third-order valence-corrected chi connectivity index (χ3v) is 4.09. The molecule has 92 valence electrons. The highest BCUT2D eigenvalue weighted by Crippen LogP contribution is 2.21. The Balaban J connectivity index is 2.03. The van der Waals surface area contributed by atoms with E-state index < -0.39 is 0 Å². The van der Waals surface area contributed by atoms with Gasteiger partial charge in [0.15, 0.2) is 0 Å². The number of rotatable bonds is 6. The summed E-state index contributed by atoms with van der Waals surface area (Å²) in [5.41, 5.74) is 0.233. The van der Waals surface area contributed by atoms with E-state index in [0.717, 1.165) is 19.6 Å². The molecule has 2 N–H and O–H groups in total. The first kappa shape index (κ1) is 14.2. The van der Waals surface area contributed by atoms with E-state index in [1.54, 1.807) is 11.3 Å². The van der Waals surface area contributed by atoms with Crippen molar-refractivity contribution in [2.75, 3.05) is 13.1 Å². The molecule has 0 aromatic carbocycles. The summed E-state index contributed by atoms with van der Waals surface area (Å²) in [5.74, 6) is 0. The van der Waals surface area contributed by atoms with Gasteiger partial charge in [-0.3, -0.25) is 0 Å². The van der Waals surface area contributed by atoms with E-state index in [1.165, 1.54) is 15.8 Å². The lowest BCUT2D eigenvalue weighted by atomic mass is 10.1. The molecule has 0 aliphatic rings. The summed E-state index contributed by atoms with van der Waals surface area (Å²) in [4.78, 5) is 1.38. The van der Waals surface area contributed by atoms with Gasteiger partial charge in [0.05, 0.1) is 0 Å². The van der Waals surface area contributed by atoms with Crippen molar-refractivity contribution in [3.63, 3.8) is 0 Å². The van der Waals surface area contributed by atoms with Crippen LogP contribution in [-0.2, 0) is 6.54 Å². The van der Waals surface area contributed by atoms with Gasteiger partial charge in [-0.05, 0) is 67.7 Å². The lowest BCUT2D eigenvalue weighted by molar-refractivity contribution is 0.418. The maximum atomic E-state index is 3.53. The summed E-state index contributed by atoms with van der Waals surface area (Å²) in [6.07, 6.45) is 1.17. The second-order valence-corrected chi connectivity index (χ2v) is 6.75. The maximum Gasteiger partial charge on any atom is 0.0327 e. The summed E-state index contributed by atoms with van der Waals surface area (Å²) in [6, 6.07) is 2.10. The topological polar surface area (TPSA) is 24.1 Å². The normalized spacial score (nSPS) is 12.0. The predicted octanol–water partition coefficient (Wildman–Crippen LogP) is 3.38. The highest BCUT2D eigenvalue weighted by Gasteiger charge is 2.06. The second-order valence-electron chi connectivity index (χ2n) is 4.90. The first-order valence-corrected chi connectivity index (χ1v) is 7.34. The molecule has 16 heavy (non-hydrogen) atoms. The van der Waals surface area contributed by atoms with E-state index in [1.807, 2.05) is 0 Å². The number of hydrogen-bond donors (Lipinski definition) is 2. The van der Waals surface area contributed by atoms with Crippen LogP contribution in [0.5, 0.6) is 0 Å². The number of nitrogens with one attached hydrogen (secondary N) is 2. The van der Waals surface area contributed by atoms with Crippen LogP contribution in [0, 0.1) is 0 Å². The molecule has 1 rings (SSSR count). The highest BCUT2D eigenvalue weighted by molar-refractivity contribution is 9.10. The van der Waals surface area contributed by atoms with Crippen LogP contribution in [0.4, 0.5) is 0 Å². The molecule has 1 aromatic rings. The number of halogens is 1. The molecule has 0 bridgehead atoms. The quantitative estimate of drug-likeness (QED) is 0.787. The Morgan fingerprint density at radius 2 is 2.06 bits per heavy atom. The zero-order valence-corrected chi connectivity index (χ0v) is 12.7. The molecule has 0 atom stereocenters. The summed E-state index contributed by atoms with van der Waals surface area (Å²) in [6.45, 7) is 9.69. The molecule has 0 fully saturated rings. The van der Waals surface area contributed by atoms with Crippen molar-refractivity contribution in [1.82, 2.24) is 10.6 Å². The second kappa shape index (κ2) is 6.74. The van der Waals surface area contributed by atoms with Gasteiger partial charge in [0, 0.05) is 21.4 Å². The molecule has 4 heteroatoms. The summed E-state index contributed by atoms with van der Waals surface area (Å²) < 4.78 is 1.22. The van der Waals surface area contributed by atoms with Gasteiger partial charge in [-0.25, -0.2) is 0 Å². The van der Waals surface area contributed by atoms with Crippen LogP contribution in [-0.4, -0.2) is 18.6 Å². The first-order chi connectivity index (χ1) is 7.49. The molecule has 0 radical (unpaired) electrons. The fourth-order valence-corrected chi connectivity index (χ4v) is 2.79. The first-order valence-electron chi connectivity index (χ1n) is 5.67. The average molecular weight is 305 g/mol. The van der Waals surface area contributed by atoms with Crippen molar-refractivity contribution in [1.29, 1.82) is 0 Å². The van der Waals surface area contributed by atoms with E-state index in [-0.39, 0.29) is 5.54 Å². The zero-order valence-electron chi connectivity index (χ0n) is 10.3. The number of hydrogen-bond acceptors (Lipinski definition) is 3. The van der Waals surface area contributed by atoms with E-state index in [0.29, 0.717) is 0 Å². The van der Waals surface area contributed by atoms with E-state index in [2.05, 4.69) is 58.8 Å². The predicted molar refractivity (Wildman–Crippen MR) is 76.1 cm³/mol. The Bertz CT molecular complexity index is 304. The molecule has 1 aromatic heterocycles. The molecule has 0 unspecified atom stereocenters. The van der Waals surface area contributed by atoms with Crippen LogP contribution in [0.1, 0.15) is 32.1 Å². The van der Waals surface area contributed by atoms with Gasteiger partial charge in [-0.1, -0.05) is 0 Å². The Morgan fingerprint density at radius 1 is 1.31 bits per heavy atom. The molecule has 0 aliphatic heterocycles. The summed E-state index contributed by atoms with van der Waals surface area (Å²) >= 11 is 5.33. The lowest BCUT2D eigenvalue weighted by Crippen LogP contribution is -2.37. The van der Waals surface area contributed by atoms with E-state index in [4.69, 9.17) is 0 Å². The van der Waals surface area contributed by atoms with Crippen molar-refractivity contribution >= 4 is 27.3 Å². The van der Waals surface area contributed by atoms with Gasteiger partial charge < -0.3 is 10.6 Å². The highest BCUT2D eigenvalue weighted by atomic mass is 79.9. The molecule has 1 heterocycles. The minimum atomic E-state index is 0.233. The Kier molecular flexibility index (Phi) is 5.97. The van der Waals surface area contributed by atoms with Crippen LogP contribution in [0.3, 0.4) is 0 Å². The van der Waals surface area contributed by atoms with Crippen LogP contribution in [0.2, 0.25) is 0 Å². The minimum Gasteiger partial charge on any atom is -0.312 e. The molecule has 2 nitrogen and oxygen atoms in total. The SMILES string of the molecule is CC(C)(C)NCCCNCc1sccc1Br. The van der Waals surface area contributed by atoms with Gasteiger partial charge in [0.25, 0.3) is 0 Å². The smallest absolute Gasteiger partial charge is 0.0327 e.